The fourth-order valence-electron chi connectivity index (χ4n) is 1.78. The van der Waals surface area contributed by atoms with Crippen LogP contribution in [0, 0.1) is 0 Å². The van der Waals surface area contributed by atoms with E-state index in [1.54, 1.807) is 24.1 Å². The maximum Gasteiger partial charge on any atom is 0.242 e. The van der Waals surface area contributed by atoms with Gasteiger partial charge in [0.2, 0.25) is 5.91 Å². The van der Waals surface area contributed by atoms with E-state index in [1.165, 1.54) is 0 Å². The van der Waals surface area contributed by atoms with Gasteiger partial charge in [0, 0.05) is 33.0 Å². The van der Waals surface area contributed by atoms with Gasteiger partial charge in [-0.15, -0.1) is 0 Å². The number of methoxy groups -OCH3 is 1. The third-order valence-electron chi connectivity index (χ3n) is 2.71. The average molecular weight is 224 g/mol. The van der Waals surface area contributed by atoms with Crippen LogP contribution in [-0.2, 0) is 16.6 Å². The predicted molar refractivity (Wildman–Crippen MR) is 59.0 cm³/mol. The Labute approximate surface area is 94.0 Å². The molecule has 1 aliphatic heterocycles. The number of hydrogen-bond acceptors (Lipinski definition) is 4. The molecule has 2 heterocycles. The lowest BCUT2D eigenvalue weighted by Crippen LogP contribution is -2.35. The molecule has 1 aromatic heterocycles. The highest BCUT2D eigenvalue weighted by atomic mass is 16.5. The number of carbonyl (C=O) groups excluding carboxylic acids is 1. The number of aryl methyl sites for hydroxylation is 1. The molecule has 0 radical (unpaired) electrons. The van der Waals surface area contributed by atoms with Gasteiger partial charge in [-0.25, -0.2) is 0 Å². The molecular weight excluding hydrogens is 208 g/mol. The molecule has 1 saturated heterocycles. The minimum absolute atomic E-state index is 0.0572. The molecular formula is C10H16N4O2. The third kappa shape index (κ3) is 2.40. The van der Waals surface area contributed by atoms with Gasteiger partial charge in [-0.3, -0.25) is 9.48 Å². The van der Waals surface area contributed by atoms with E-state index in [-0.39, 0.29) is 18.1 Å². The Bertz CT molecular complexity index is 377. The minimum atomic E-state index is -0.188. The van der Waals surface area contributed by atoms with Crippen molar-refractivity contribution in [3.05, 3.63) is 12.3 Å². The fraction of sp³-hybridized carbons (Fsp3) is 0.600. The molecule has 2 atom stereocenters. The van der Waals surface area contributed by atoms with E-state index in [9.17, 15) is 4.79 Å². The molecule has 1 aliphatic rings. The smallest absolute Gasteiger partial charge is 0.242 e. The molecule has 2 N–H and O–H groups in total. The highest BCUT2D eigenvalue weighted by Gasteiger charge is 2.29. The van der Waals surface area contributed by atoms with Gasteiger partial charge in [0.1, 0.15) is 0 Å². The van der Waals surface area contributed by atoms with Gasteiger partial charge in [0.25, 0.3) is 0 Å². The molecule has 0 aromatic carbocycles. The quantitative estimate of drug-likeness (QED) is 0.742. The zero-order chi connectivity index (χ0) is 11.5. The minimum Gasteiger partial charge on any atom is -0.380 e. The lowest BCUT2D eigenvalue weighted by molar-refractivity contribution is -0.118. The molecule has 0 spiro atoms. The van der Waals surface area contributed by atoms with Crippen molar-refractivity contribution in [1.82, 2.24) is 15.1 Å². The molecule has 6 nitrogen and oxygen atoms in total. The van der Waals surface area contributed by atoms with Gasteiger partial charge >= 0.3 is 0 Å². The van der Waals surface area contributed by atoms with Crippen molar-refractivity contribution in [1.29, 1.82) is 0 Å². The zero-order valence-electron chi connectivity index (χ0n) is 9.43. The monoisotopic (exact) mass is 224 g/mol. The van der Waals surface area contributed by atoms with Crippen molar-refractivity contribution in [3.8, 4) is 0 Å². The van der Waals surface area contributed by atoms with Crippen LogP contribution in [0.5, 0.6) is 0 Å². The normalized spacial score (nSPS) is 24.6. The summed E-state index contributed by atoms with van der Waals surface area (Å²) in [6.45, 7) is 0.719. The van der Waals surface area contributed by atoms with E-state index in [0.717, 1.165) is 6.54 Å². The third-order valence-corrected chi connectivity index (χ3v) is 2.71. The van der Waals surface area contributed by atoms with Crippen LogP contribution >= 0.6 is 0 Å². The maximum absolute atomic E-state index is 11.8. The molecule has 2 rings (SSSR count). The summed E-state index contributed by atoms with van der Waals surface area (Å²) in [6, 6.07) is 1.58. The number of rotatable bonds is 3. The second-order valence-corrected chi connectivity index (χ2v) is 3.92. The summed E-state index contributed by atoms with van der Waals surface area (Å²) in [5.41, 5.74) is 0. The highest BCUT2D eigenvalue weighted by molar-refractivity contribution is 5.94. The predicted octanol–water partition coefficient (Wildman–Crippen LogP) is -0.265. The topological polar surface area (TPSA) is 68.2 Å². The number of anilines is 1. The number of ether oxygens (including phenoxy) is 1. The first-order valence-electron chi connectivity index (χ1n) is 5.25. The lowest BCUT2D eigenvalue weighted by Gasteiger charge is -2.09. The number of hydrogen-bond donors (Lipinski definition) is 2. The summed E-state index contributed by atoms with van der Waals surface area (Å²) in [5.74, 6) is 0.522. The fourth-order valence-corrected chi connectivity index (χ4v) is 1.78. The van der Waals surface area contributed by atoms with Crippen LogP contribution in [0.1, 0.15) is 6.42 Å². The average Bonchev–Trinajstić information content (AvgIpc) is 2.87. The first-order chi connectivity index (χ1) is 7.69. The number of amides is 1. The van der Waals surface area contributed by atoms with E-state index in [4.69, 9.17) is 4.74 Å². The number of nitrogens with zero attached hydrogens (tertiary/aromatic N) is 2. The second kappa shape index (κ2) is 4.63. The first kappa shape index (κ1) is 11.1. The lowest BCUT2D eigenvalue weighted by atomic mass is 10.2. The maximum atomic E-state index is 11.8. The van der Waals surface area contributed by atoms with E-state index < -0.39 is 0 Å². The first-order valence-corrected chi connectivity index (χ1v) is 5.25. The molecule has 0 bridgehead atoms. The summed E-state index contributed by atoms with van der Waals surface area (Å²) in [5, 5.41) is 9.96. The van der Waals surface area contributed by atoms with Crippen molar-refractivity contribution in [2.24, 2.45) is 7.05 Å². The van der Waals surface area contributed by atoms with Crippen molar-refractivity contribution in [2.45, 2.75) is 18.6 Å². The summed E-state index contributed by atoms with van der Waals surface area (Å²) in [4.78, 5) is 11.8. The van der Waals surface area contributed by atoms with Crippen LogP contribution < -0.4 is 10.6 Å². The Morgan fingerprint density at radius 1 is 1.75 bits per heavy atom. The number of nitrogens with one attached hydrogen (secondary N) is 2. The second-order valence-electron chi connectivity index (χ2n) is 3.92. The molecule has 1 fully saturated rings. The molecule has 0 aliphatic carbocycles. The Hall–Kier alpha value is -1.40. The Morgan fingerprint density at radius 3 is 3.12 bits per heavy atom. The van der Waals surface area contributed by atoms with Crippen LogP contribution in [-0.4, -0.2) is 41.5 Å². The summed E-state index contributed by atoms with van der Waals surface area (Å²) in [6.07, 6.45) is 2.62. The van der Waals surface area contributed by atoms with Crippen molar-refractivity contribution >= 4 is 11.7 Å². The summed E-state index contributed by atoms with van der Waals surface area (Å²) in [7, 11) is 3.47. The number of carbonyl (C=O) groups is 1. The SMILES string of the molecule is COC1CNC(C(=O)Nc2ccn(C)n2)C1. The number of aromatic nitrogens is 2. The van der Waals surface area contributed by atoms with E-state index in [2.05, 4.69) is 15.7 Å². The van der Waals surface area contributed by atoms with E-state index in [0.29, 0.717) is 12.2 Å². The van der Waals surface area contributed by atoms with E-state index in [1.807, 2.05) is 7.05 Å². The van der Waals surface area contributed by atoms with Gasteiger partial charge in [0.15, 0.2) is 5.82 Å². The standard InChI is InChI=1S/C10H16N4O2/c1-14-4-3-9(13-14)12-10(15)8-5-7(16-2)6-11-8/h3-4,7-8,11H,5-6H2,1-2H3,(H,12,13,15). The molecule has 2 unspecified atom stereocenters. The Morgan fingerprint density at radius 2 is 2.56 bits per heavy atom. The van der Waals surface area contributed by atoms with Crippen LogP contribution in [0.3, 0.4) is 0 Å². The summed E-state index contributed by atoms with van der Waals surface area (Å²) < 4.78 is 6.83. The van der Waals surface area contributed by atoms with Gasteiger partial charge in [-0.2, -0.15) is 5.10 Å². The molecule has 1 aromatic rings. The molecule has 16 heavy (non-hydrogen) atoms. The molecule has 6 heteroatoms. The Balaban J connectivity index is 1.89. The van der Waals surface area contributed by atoms with Gasteiger partial charge < -0.3 is 15.4 Å². The van der Waals surface area contributed by atoms with Gasteiger partial charge in [-0.05, 0) is 6.42 Å². The van der Waals surface area contributed by atoms with Crippen LogP contribution in [0.4, 0.5) is 5.82 Å². The van der Waals surface area contributed by atoms with Crippen LogP contribution in [0.25, 0.3) is 0 Å². The molecule has 88 valence electrons. The van der Waals surface area contributed by atoms with Crippen molar-refractivity contribution in [2.75, 3.05) is 19.0 Å². The van der Waals surface area contributed by atoms with Crippen molar-refractivity contribution in [3.63, 3.8) is 0 Å². The van der Waals surface area contributed by atoms with E-state index >= 15 is 0 Å². The largest absolute Gasteiger partial charge is 0.380 e. The summed E-state index contributed by atoms with van der Waals surface area (Å²) >= 11 is 0. The highest BCUT2D eigenvalue weighted by Crippen LogP contribution is 2.11. The molecule has 0 saturated carbocycles. The van der Waals surface area contributed by atoms with Crippen LogP contribution in [0.2, 0.25) is 0 Å². The van der Waals surface area contributed by atoms with Crippen molar-refractivity contribution < 1.29 is 9.53 Å². The van der Waals surface area contributed by atoms with Crippen LogP contribution in [0.15, 0.2) is 12.3 Å². The Kier molecular flexibility index (Phi) is 3.21. The van der Waals surface area contributed by atoms with Gasteiger partial charge in [0.05, 0.1) is 12.1 Å². The van der Waals surface area contributed by atoms with Gasteiger partial charge in [-0.1, -0.05) is 0 Å². The zero-order valence-corrected chi connectivity index (χ0v) is 9.43. The molecule has 1 amide bonds.